The van der Waals surface area contributed by atoms with Gasteiger partial charge in [-0.2, -0.15) is 0 Å². The number of aromatic nitrogens is 2. The second-order valence-electron chi connectivity index (χ2n) is 5.93. The van der Waals surface area contributed by atoms with E-state index < -0.39 is 11.6 Å². The molecule has 0 saturated heterocycles. The molecule has 0 radical (unpaired) electrons. The number of furan rings is 1. The predicted octanol–water partition coefficient (Wildman–Crippen LogP) is 3.97. The molecule has 0 saturated carbocycles. The summed E-state index contributed by atoms with van der Waals surface area (Å²) < 4.78 is 7.70. The van der Waals surface area contributed by atoms with Crippen LogP contribution in [0.15, 0.2) is 62.6 Å². The maximum Gasteiger partial charge on any atom is 0.328 e. The summed E-state index contributed by atoms with van der Waals surface area (Å²) in [6.45, 7) is 2.17. The molecule has 1 aromatic carbocycles. The van der Waals surface area contributed by atoms with Crippen LogP contribution >= 0.6 is 15.9 Å². The summed E-state index contributed by atoms with van der Waals surface area (Å²) in [6, 6.07) is 8.73. The van der Waals surface area contributed by atoms with Gasteiger partial charge in [-0.25, -0.2) is 9.36 Å². The number of nitrogens with zero attached hydrogens (tertiary/aromatic N) is 2. The third-order valence-corrected chi connectivity index (χ3v) is 4.87. The number of hydrogen-bond donors (Lipinski definition) is 1. The van der Waals surface area contributed by atoms with Crippen LogP contribution in [0, 0.1) is 6.92 Å². The Kier molecular flexibility index (Phi) is 4.08. The average Bonchev–Trinajstić information content (AvgIpc) is 3.09. The van der Waals surface area contributed by atoms with Crippen LogP contribution in [-0.2, 0) is 6.54 Å². The molecule has 6 nitrogen and oxygen atoms in total. The number of fused-ring (bicyclic) bond motifs is 2. The molecule has 7 heteroatoms. The third kappa shape index (κ3) is 2.80. The summed E-state index contributed by atoms with van der Waals surface area (Å²) in [5.41, 5.74) is 1.42. The van der Waals surface area contributed by atoms with Crippen LogP contribution in [0.2, 0.25) is 0 Å². The number of amides is 1. The summed E-state index contributed by atoms with van der Waals surface area (Å²) >= 11 is 3.46. The van der Waals surface area contributed by atoms with E-state index in [-0.39, 0.29) is 6.54 Å². The highest BCUT2D eigenvalue weighted by Crippen LogP contribution is 2.29. The Balaban J connectivity index is 1.60. The maximum atomic E-state index is 12.4. The van der Waals surface area contributed by atoms with Crippen LogP contribution in [0.1, 0.15) is 11.3 Å². The van der Waals surface area contributed by atoms with Crippen molar-refractivity contribution in [2.75, 3.05) is 0 Å². The lowest BCUT2D eigenvalue weighted by Gasteiger charge is -2.07. The van der Waals surface area contributed by atoms with Crippen molar-refractivity contribution in [3.63, 3.8) is 0 Å². The Labute approximate surface area is 156 Å². The molecule has 3 heterocycles. The number of benzene rings is 1. The smallest absolute Gasteiger partial charge is 0.328 e. The van der Waals surface area contributed by atoms with Crippen molar-refractivity contribution in [2.24, 2.45) is 0 Å². The normalized spacial score (nSPS) is 11.2. The molecule has 4 rings (SSSR count). The van der Waals surface area contributed by atoms with Crippen molar-refractivity contribution in [2.45, 2.75) is 13.5 Å². The van der Waals surface area contributed by atoms with Crippen molar-refractivity contribution in [1.82, 2.24) is 14.9 Å². The molecule has 0 aliphatic carbocycles. The van der Waals surface area contributed by atoms with Gasteiger partial charge < -0.3 is 9.73 Å². The minimum Gasteiger partial charge on any atom is -0.458 e. The second-order valence-corrected chi connectivity index (χ2v) is 6.79. The lowest BCUT2D eigenvalue weighted by atomic mass is 10.1. The number of halogens is 1. The average molecular weight is 412 g/mol. The van der Waals surface area contributed by atoms with Crippen molar-refractivity contribution < 1.29 is 9.21 Å². The Morgan fingerprint density at radius 3 is 2.92 bits per heavy atom. The monoisotopic (exact) mass is 411 g/mol. The van der Waals surface area contributed by atoms with Crippen LogP contribution in [-0.4, -0.2) is 15.6 Å². The molecule has 0 spiro atoms. The van der Waals surface area contributed by atoms with E-state index in [4.69, 9.17) is 4.42 Å². The fourth-order valence-corrected chi connectivity index (χ4v) is 3.28. The SMILES string of the molecule is Cc1ccc(Br)c2oc(CNC(=O)n3ccc4ccncc4c3=O)cc12. The molecule has 0 unspecified atom stereocenters. The minimum atomic E-state index is -0.517. The molecule has 0 aliphatic heterocycles. The molecule has 26 heavy (non-hydrogen) atoms. The zero-order valence-corrected chi connectivity index (χ0v) is 15.4. The predicted molar refractivity (Wildman–Crippen MR) is 102 cm³/mol. The molecule has 1 amide bonds. The molecule has 0 fully saturated rings. The van der Waals surface area contributed by atoms with E-state index in [1.54, 1.807) is 18.3 Å². The van der Waals surface area contributed by atoms with E-state index >= 15 is 0 Å². The number of pyridine rings is 2. The molecule has 0 atom stereocenters. The van der Waals surface area contributed by atoms with Gasteiger partial charge in [-0.05, 0) is 58.1 Å². The van der Waals surface area contributed by atoms with Gasteiger partial charge in [0, 0.05) is 24.0 Å². The molecule has 130 valence electrons. The van der Waals surface area contributed by atoms with Gasteiger partial charge in [0.15, 0.2) is 0 Å². The molecule has 0 bridgehead atoms. The highest BCUT2D eigenvalue weighted by molar-refractivity contribution is 9.10. The highest BCUT2D eigenvalue weighted by Gasteiger charge is 2.13. The second kappa shape index (κ2) is 6.42. The Morgan fingerprint density at radius 1 is 1.27 bits per heavy atom. The van der Waals surface area contributed by atoms with Crippen LogP contribution in [0.4, 0.5) is 4.79 Å². The van der Waals surface area contributed by atoms with Crippen LogP contribution in [0.3, 0.4) is 0 Å². The number of carbonyl (C=O) groups is 1. The summed E-state index contributed by atoms with van der Waals surface area (Å²) in [5.74, 6) is 0.610. The molecule has 4 aromatic rings. The van der Waals surface area contributed by atoms with E-state index in [9.17, 15) is 9.59 Å². The van der Waals surface area contributed by atoms with Gasteiger partial charge in [0.2, 0.25) is 0 Å². The first-order chi connectivity index (χ1) is 12.5. The van der Waals surface area contributed by atoms with Crippen molar-refractivity contribution >= 4 is 43.7 Å². The maximum absolute atomic E-state index is 12.4. The standard InChI is InChI=1S/C19H14BrN3O3/c1-11-2-3-16(20)17-14(11)8-13(26-17)9-22-19(25)23-7-5-12-4-6-21-10-15(12)18(23)24/h2-8,10H,9H2,1H3,(H,22,25). The van der Waals surface area contributed by atoms with Gasteiger partial charge in [0.05, 0.1) is 16.4 Å². The molecular weight excluding hydrogens is 398 g/mol. The molecular formula is C19H14BrN3O3. The molecule has 3 aromatic heterocycles. The molecule has 1 N–H and O–H groups in total. The summed E-state index contributed by atoms with van der Waals surface area (Å²) in [4.78, 5) is 28.8. The van der Waals surface area contributed by atoms with Gasteiger partial charge in [0.1, 0.15) is 11.3 Å². The van der Waals surface area contributed by atoms with Gasteiger partial charge in [0.25, 0.3) is 5.56 Å². The van der Waals surface area contributed by atoms with Crippen molar-refractivity contribution in [1.29, 1.82) is 0 Å². The Bertz CT molecular complexity index is 1170. The first-order valence-electron chi connectivity index (χ1n) is 7.96. The van der Waals surface area contributed by atoms with Gasteiger partial charge in [-0.15, -0.1) is 0 Å². The van der Waals surface area contributed by atoms with Gasteiger partial charge in [-0.1, -0.05) is 6.07 Å². The fourth-order valence-electron chi connectivity index (χ4n) is 2.85. The lowest BCUT2D eigenvalue weighted by molar-refractivity contribution is 0.240. The third-order valence-electron chi connectivity index (χ3n) is 4.24. The number of nitrogens with one attached hydrogen (secondary N) is 1. The zero-order chi connectivity index (χ0) is 18.3. The van der Waals surface area contributed by atoms with E-state index in [2.05, 4.69) is 26.2 Å². The highest BCUT2D eigenvalue weighted by atomic mass is 79.9. The minimum absolute atomic E-state index is 0.177. The van der Waals surface area contributed by atoms with Crippen LogP contribution in [0.5, 0.6) is 0 Å². The van der Waals surface area contributed by atoms with Gasteiger partial charge >= 0.3 is 6.03 Å². The van der Waals surface area contributed by atoms with Crippen LogP contribution in [0.25, 0.3) is 21.7 Å². The lowest BCUT2D eigenvalue weighted by Crippen LogP contribution is -2.35. The van der Waals surface area contributed by atoms with Crippen LogP contribution < -0.4 is 10.9 Å². The Hall–Kier alpha value is -2.93. The number of aryl methyl sites for hydroxylation is 1. The fraction of sp³-hybridized carbons (Fsp3) is 0.105. The topological polar surface area (TPSA) is 77.1 Å². The summed E-state index contributed by atoms with van der Waals surface area (Å²) in [6.07, 6.45) is 4.52. The summed E-state index contributed by atoms with van der Waals surface area (Å²) in [5, 5.41) is 4.84. The van der Waals surface area contributed by atoms with Gasteiger partial charge in [-0.3, -0.25) is 9.78 Å². The summed E-state index contributed by atoms with van der Waals surface area (Å²) in [7, 11) is 0. The van der Waals surface area contributed by atoms with Crippen molar-refractivity contribution in [3.8, 4) is 0 Å². The Morgan fingerprint density at radius 2 is 2.12 bits per heavy atom. The number of hydrogen-bond acceptors (Lipinski definition) is 4. The molecule has 0 aliphatic rings. The number of rotatable bonds is 2. The number of carbonyl (C=O) groups excluding carboxylic acids is 1. The van der Waals surface area contributed by atoms with E-state index in [0.29, 0.717) is 11.1 Å². The zero-order valence-electron chi connectivity index (χ0n) is 13.8. The quantitative estimate of drug-likeness (QED) is 0.541. The first kappa shape index (κ1) is 16.5. The van der Waals surface area contributed by atoms with E-state index in [0.717, 1.165) is 31.0 Å². The largest absolute Gasteiger partial charge is 0.458 e. The van der Waals surface area contributed by atoms with E-state index in [1.165, 1.54) is 12.4 Å². The van der Waals surface area contributed by atoms with E-state index in [1.807, 2.05) is 25.1 Å². The van der Waals surface area contributed by atoms with Crippen molar-refractivity contribution in [3.05, 3.63) is 75.1 Å². The first-order valence-corrected chi connectivity index (χ1v) is 8.75.